The quantitative estimate of drug-likeness (QED) is 0.645. The summed E-state index contributed by atoms with van der Waals surface area (Å²) in [7, 11) is 0. The number of carboxylic acid groups (broad SMARTS) is 1. The molecule has 0 aromatic carbocycles. The standard InChI is InChI=1S/C12H17BrN4O2S/c1-7-5-16(6-8(2)17(7)12(18)19)11-14-4-9(13)10(15-11)20-3/h4,7-8H,5-6H2,1-3H3,(H,18,19)/t7-,8+. The van der Waals surface area contributed by atoms with Gasteiger partial charge in [0, 0.05) is 19.3 Å². The molecule has 0 aliphatic carbocycles. The molecule has 8 heteroatoms. The molecule has 1 fully saturated rings. The van der Waals surface area contributed by atoms with E-state index in [1.54, 1.807) is 18.0 Å². The van der Waals surface area contributed by atoms with Gasteiger partial charge in [-0.05, 0) is 36.0 Å². The number of hydrogen-bond donors (Lipinski definition) is 1. The maximum absolute atomic E-state index is 11.2. The molecule has 1 N–H and O–H groups in total. The third-order valence-corrected chi connectivity index (χ3v) is 4.86. The molecule has 1 aromatic rings. The lowest BCUT2D eigenvalue weighted by atomic mass is 10.1. The van der Waals surface area contributed by atoms with Gasteiger partial charge in [-0.25, -0.2) is 14.8 Å². The van der Waals surface area contributed by atoms with Gasteiger partial charge in [-0.1, -0.05) is 0 Å². The van der Waals surface area contributed by atoms with Crippen molar-refractivity contribution in [3.63, 3.8) is 0 Å². The first-order chi connectivity index (χ1) is 9.43. The number of amides is 1. The Balaban J connectivity index is 2.21. The molecular weight excluding hydrogens is 344 g/mol. The lowest BCUT2D eigenvalue weighted by Gasteiger charge is -2.42. The minimum atomic E-state index is -0.869. The van der Waals surface area contributed by atoms with Crippen LogP contribution < -0.4 is 4.90 Å². The summed E-state index contributed by atoms with van der Waals surface area (Å²) in [6, 6.07) is -0.164. The molecule has 2 rings (SSSR count). The van der Waals surface area contributed by atoms with E-state index in [1.807, 2.05) is 25.0 Å². The van der Waals surface area contributed by atoms with E-state index >= 15 is 0 Å². The van der Waals surface area contributed by atoms with Crippen LogP contribution in [0.15, 0.2) is 15.7 Å². The van der Waals surface area contributed by atoms with Crippen LogP contribution in [0.1, 0.15) is 13.8 Å². The van der Waals surface area contributed by atoms with E-state index in [0.29, 0.717) is 19.0 Å². The van der Waals surface area contributed by atoms with Crippen molar-refractivity contribution in [1.82, 2.24) is 14.9 Å². The average Bonchev–Trinajstić information content (AvgIpc) is 2.37. The SMILES string of the molecule is CSc1nc(N2C[C@@H](C)N(C(=O)O)[C@@H](C)C2)ncc1Br. The molecule has 1 aliphatic heterocycles. The Bertz CT molecular complexity index is 504. The molecular formula is C12H17BrN4O2S. The van der Waals surface area contributed by atoms with Gasteiger partial charge in [-0.2, -0.15) is 0 Å². The molecule has 20 heavy (non-hydrogen) atoms. The number of nitrogens with zero attached hydrogens (tertiary/aromatic N) is 4. The Hall–Kier alpha value is -1.02. The van der Waals surface area contributed by atoms with Crippen molar-refractivity contribution in [2.24, 2.45) is 0 Å². The van der Waals surface area contributed by atoms with Gasteiger partial charge in [-0.15, -0.1) is 11.8 Å². The van der Waals surface area contributed by atoms with Crippen LogP contribution in [0.25, 0.3) is 0 Å². The van der Waals surface area contributed by atoms with Crippen LogP contribution in [0.2, 0.25) is 0 Å². The second-order valence-corrected chi connectivity index (χ2v) is 6.47. The zero-order valence-electron chi connectivity index (χ0n) is 11.6. The van der Waals surface area contributed by atoms with Crippen LogP contribution in [0, 0.1) is 0 Å². The van der Waals surface area contributed by atoms with Crippen molar-refractivity contribution in [2.45, 2.75) is 31.0 Å². The number of rotatable bonds is 2. The molecule has 0 bridgehead atoms. The van der Waals surface area contributed by atoms with Crippen LogP contribution in [0.5, 0.6) is 0 Å². The first kappa shape index (κ1) is 15.4. The van der Waals surface area contributed by atoms with E-state index in [-0.39, 0.29) is 12.1 Å². The maximum Gasteiger partial charge on any atom is 0.407 e. The van der Waals surface area contributed by atoms with E-state index in [9.17, 15) is 9.90 Å². The first-order valence-corrected chi connectivity index (χ1v) is 8.28. The molecule has 1 aliphatic rings. The Labute approximate surface area is 130 Å². The highest BCUT2D eigenvalue weighted by Gasteiger charge is 2.33. The number of carbonyl (C=O) groups is 1. The highest BCUT2D eigenvalue weighted by molar-refractivity contribution is 9.10. The fraction of sp³-hybridized carbons (Fsp3) is 0.583. The fourth-order valence-electron chi connectivity index (χ4n) is 2.50. The minimum Gasteiger partial charge on any atom is -0.465 e. The van der Waals surface area contributed by atoms with Gasteiger partial charge in [0.25, 0.3) is 0 Å². The van der Waals surface area contributed by atoms with Gasteiger partial charge >= 0.3 is 6.09 Å². The Morgan fingerprint density at radius 1 is 1.45 bits per heavy atom. The molecule has 2 heterocycles. The van der Waals surface area contributed by atoms with Crippen molar-refractivity contribution < 1.29 is 9.90 Å². The summed E-state index contributed by atoms with van der Waals surface area (Å²) in [5.41, 5.74) is 0. The second-order valence-electron chi connectivity index (χ2n) is 4.82. The number of halogens is 1. The monoisotopic (exact) mass is 360 g/mol. The Kier molecular flexibility index (Phi) is 4.74. The number of aromatic nitrogens is 2. The molecule has 2 atom stereocenters. The van der Waals surface area contributed by atoms with E-state index < -0.39 is 6.09 Å². The summed E-state index contributed by atoms with van der Waals surface area (Å²) in [5, 5.41) is 10.1. The van der Waals surface area contributed by atoms with E-state index in [1.165, 1.54) is 4.90 Å². The molecule has 110 valence electrons. The summed E-state index contributed by atoms with van der Waals surface area (Å²) in [4.78, 5) is 23.6. The van der Waals surface area contributed by atoms with Crippen LogP contribution in [0.4, 0.5) is 10.7 Å². The predicted molar refractivity (Wildman–Crippen MR) is 82.5 cm³/mol. The predicted octanol–water partition coefficient (Wildman–Crippen LogP) is 2.54. The highest BCUT2D eigenvalue weighted by Crippen LogP contribution is 2.26. The summed E-state index contributed by atoms with van der Waals surface area (Å²) >= 11 is 4.97. The molecule has 0 unspecified atom stereocenters. The third-order valence-electron chi connectivity index (χ3n) is 3.32. The number of hydrogen-bond acceptors (Lipinski definition) is 5. The zero-order valence-corrected chi connectivity index (χ0v) is 14.0. The fourth-order valence-corrected chi connectivity index (χ4v) is 3.60. The van der Waals surface area contributed by atoms with Crippen molar-refractivity contribution in [2.75, 3.05) is 24.2 Å². The molecule has 0 spiro atoms. The average molecular weight is 361 g/mol. The van der Waals surface area contributed by atoms with Gasteiger partial charge < -0.3 is 10.0 Å². The van der Waals surface area contributed by atoms with E-state index in [2.05, 4.69) is 25.9 Å². The van der Waals surface area contributed by atoms with Gasteiger partial charge in [0.2, 0.25) is 5.95 Å². The minimum absolute atomic E-state index is 0.0822. The van der Waals surface area contributed by atoms with Gasteiger partial charge in [0.1, 0.15) is 5.03 Å². The second kappa shape index (κ2) is 6.17. The Morgan fingerprint density at radius 2 is 2.05 bits per heavy atom. The van der Waals surface area contributed by atoms with Crippen molar-refractivity contribution in [1.29, 1.82) is 0 Å². The van der Waals surface area contributed by atoms with Crippen LogP contribution in [0.3, 0.4) is 0 Å². The largest absolute Gasteiger partial charge is 0.465 e. The van der Waals surface area contributed by atoms with Crippen molar-refractivity contribution in [3.8, 4) is 0 Å². The molecule has 6 nitrogen and oxygen atoms in total. The molecule has 1 saturated heterocycles. The molecule has 0 saturated carbocycles. The maximum atomic E-state index is 11.2. The zero-order chi connectivity index (χ0) is 14.9. The van der Waals surface area contributed by atoms with Crippen LogP contribution in [-0.4, -0.2) is 57.5 Å². The normalized spacial score (nSPS) is 23.0. The van der Waals surface area contributed by atoms with Crippen molar-refractivity contribution >= 4 is 39.7 Å². The molecule has 0 radical (unpaired) electrons. The lowest BCUT2D eigenvalue weighted by Crippen LogP contribution is -2.58. The summed E-state index contributed by atoms with van der Waals surface area (Å²) in [6.45, 7) is 5.02. The Morgan fingerprint density at radius 3 is 2.55 bits per heavy atom. The summed E-state index contributed by atoms with van der Waals surface area (Å²) in [6.07, 6.45) is 2.84. The lowest BCUT2D eigenvalue weighted by molar-refractivity contribution is 0.0979. The van der Waals surface area contributed by atoms with E-state index in [4.69, 9.17) is 0 Å². The number of piperazine rings is 1. The number of thioether (sulfide) groups is 1. The third kappa shape index (κ3) is 3.01. The topological polar surface area (TPSA) is 69.6 Å². The smallest absolute Gasteiger partial charge is 0.407 e. The molecule has 1 aromatic heterocycles. The van der Waals surface area contributed by atoms with Gasteiger partial charge in [-0.3, -0.25) is 4.90 Å². The van der Waals surface area contributed by atoms with Crippen LogP contribution >= 0.6 is 27.7 Å². The van der Waals surface area contributed by atoms with Crippen LogP contribution in [-0.2, 0) is 0 Å². The van der Waals surface area contributed by atoms with Gasteiger partial charge in [0.15, 0.2) is 0 Å². The van der Waals surface area contributed by atoms with E-state index in [0.717, 1.165) is 9.50 Å². The summed E-state index contributed by atoms with van der Waals surface area (Å²) < 4.78 is 0.874. The summed E-state index contributed by atoms with van der Waals surface area (Å²) in [5.74, 6) is 0.654. The van der Waals surface area contributed by atoms with Crippen molar-refractivity contribution in [3.05, 3.63) is 10.7 Å². The highest BCUT2D eigenvalue weighted by atomic mass is 79.9. The molecule has 1 amide bonds. The number of anilines is 1. The first-order valence-electron chi connectivity index (χ1n) is 6.26. The van der Waals surface area contributed by atoms with Gasteiger partial charge in [0.05, 0.1) is 16.6 Å².